The minimum atomic E-state index is 0.175. The molecule has 2 nitrogen and oxygen atoms in total. The molecule has 0 radical (unpaired) electrons. The number of carbonyl (C=O) groups excluding carboxylic acids is 1. The lowest BCUT2D eigenvalue weighted by atomic mass is 10.00. The number of benzene rings is 1. The molecule has 1 unspecified atom stereocenters. The molecule has 0 bridgehead atoms. The van der Waals surface area contributed by atoms with Crippen molar-refractivity contribution in [2.75, 3.05) is 0 Å². The van der Waals surface area contributed by atoms with Crippen LogP contribution in [0.2, 0.25) is 0 Å². The molecular formula is C14H21NO. The van der Waals surface area contributed by atoms with Gasteiger partial charge in [0, 0.05) is 12.5 Å². The van der Waals surface area contributed by atoms with E-state index in [4.69, 9.17) is 0 Å². The number of nitrogens with one attached hydrogen (secondary N) is 1. The van der Waals surface area contributed by atoms with Crippen molar-refractivity contribution in [3.8, 4) is 0 Å². The predicted molar refractivity (Wildman–Crippen MR) is 67.0 cm³/mol. The maximum absolute atomic E-state index is 11.8. The molecule has 0 aliphatic rings. The third-order valence-electron chi connectivity index (χ3n) is 2.81. The number of hydrogen-bond donors (Lipinski definition) is 1. The van der Waals surface area contributed by atoms with Crippen LogP contribution in [0.1, 0.15) is 38.7 Å². The maximum Gasteiger partial charge on any atom is 0.223 e. The first-order chi connectivity index (χ1) is 7.77. The quantitative estimate of drug-likeness (QED) is 0.782. The summed E-state index contributed by atoms with van der Waals surface area (Å²) in [7, 11) is 0. The highest BCUT2D eigenvalue weighted by molar-refractivity contribution is 5.78. The Morgan fingerprint density at radius 2 is 1.94 bits per heavy atom. The van der Waals surface area contributed by atoms with Crippen LogP contribution in [0.25, 0.3) is 0 Å². The molecule has 1 aromatic rings. The molecule has 1 N–H and O–H groups in total. The Labute approximate surface area is 98.1 Å². The summed E-state index contributed by atoms with van der Waals surface area (Å²) >= 11 is 0. The van der Waals surface area contributed by atoms with E-state index >= 15 is 0 Å². The van der Waals surface area contributed by atoms with Crippen molar-refractivity contribution in [2.45, 2.75) is 39.7 Å². The van der Waals surface area contributed by atoms with E-state index in [-0.39, 0.29) is 11.8 Å². The summed E-state index contributed by atoms with van der Waals surface area (Å²) in [5.41, 5.74) is 1.15. The molecule has 1 rings (SSSR count). The van der Waals surface area contributed by atoms with Gasteiger partial charge in [-0.1, -0.05) is 50.6 Å². The zero-order valence-electron chi connectivity index (χ0n) is 10.2. The Bertz CT molecular complexity index is 308. The van der Waals surface area contributed by atoms with Crippen molar-refractivity contribution in [2.24, 2.45) is 5.92 Å². The average molecular weight is 219 g/mol. The van der Waals surface area contributed by atoms with Crippen LogP contribution in [-0.4, -0.2) is 5.91 Å². The summed E-state index contributed by atoms with van der Waals surface area (Å²) in [4.78, 5) is 11.8. The Morgan fingerprint density at radius 1 is 1.25 bits per heavy atom. The zero-order chi connectivity index (χ0) is 11.8. The van der Waals surface area contributed by atoms with E-state index in [1.807, 2.05) is 30.3 Å². The summed E-state index contributed by atoms with van der Waals surface area (Å²) in [5, 5.41) is 3.00. The van der Waals surface area contributed by atoms with Gasteiger partial charge in [-0.25, -0.2) is 0 Å². The second-order valence-electron chi connectivity index (χ2n) is 4.10. The van der Waals surface area contributed by atoms with Crippen LogP contribution in [0.5, 0.6) is 0 Å². The molecule has 0 fully saturated rings. The summed E-state index contributed by atoms with van der Waals surface area (Å²) in [5.74, 6) is 0.363. The number of amides is 1. The fraction of sp³-hybridized carbons (Fsp3) is 0.500. The van der Waals surface area contributed by atoms with Gasteiger partial charge in [-0.05, 0) is 18.4 Å². The van der Waals surface area contributed by atoms with E-state index in [2.05, 4.69) is 19.2 Å². The summed E-state index contributed by atoms with van der Waals surface area (Å²) in [6.07, 6.45) is 2.98. The van der Waals surface area contributed by atoms with Crippen molar-refractivity contribution in [3.05, 3.63) is 35.9 Å². The molecule has 0 saturated carbocycles. The van der Waals surface area contributed by atoms with Crippen LogP contribution >= 0.6 is 0 Å². The normalized spacial score (nSPS) is 12.1. The van der Waals surface area contributed by atoms with Gasteiger partial charge in [0.2, 0.25) is 5.91 Å². The fourth-order valence-corrected chi connectivity index (χ4v) is 1.80. The zero-order valence-corrected chi connectivity index (χ0v) is 10.2. The highest BCUT2D eigenvalue weighted by atomic mass is 16.1. The van der Waals surface area contributed by atoms with Gasteiger partial charge in [-0.3, -0.25) is 4.79 Å². The number of rotatable bonds is 6. The first kappa shape index (κ1) is 12.8. The first-order valence-corrected chi connectivity index (χ1v) is 6.09. The van der Waals surface area contributed by atoms with Crippen molar-refractivity contribution in [1.82, 2.24) is 5.32 Å². The van der Waals surface area contributed by atoms with Gasteiger partial charge in [-0.15, -0.1) is 0 Å². The topological polar surface area (TPSA) is 29.1 Å². The van der Waals surface area contributed by atoms with Crippen LogP contribution in [-0.2, 0) is 11.3 Å². The minimum Gasteiger partial charge on any atom is -0.352 e. The van der Waals surface area contributed by atoms with E-state index in [1.54, 1.807) is 0 Å². The third kappa shape index (κ3) is 4.05. The predicted octanol–water partition coefficient (Wildman–Crippen LogP) is 3.13. The van der Waals surface area contributed by atoms with Crippen LogP contribution in [0.4, 0.5) is 0 Å². The molecule has 0 saturated heterocycles. The van der Waals surface area contributed by atoms with Crippen LogP contribution in [0.3, 0.4) is 0 Å². The van der Waals surface area contributed by atoms with E-state index in [0.717, 1.165) is 24.8 Å². The van der Waals surface area contributed by atoms with E-state index in [9.17, 15) is 4.79 Å². The molecule has 0 heterocycles. The summed E-state index contributed by atoms with van der Waals surface area (Å²) in [6.45, 7) is 4.83. The molecular weight excluding hydrogens is 198 g/mol. The van der Waals surface area contributed by atoms with Gasteiger partial charge >= 0.3 is 0 Å². The second kappa shape index (κ2) is 7.04. The van der Waals surface area contributed by atoms with Gasteiger partial charge < -0.3 is 5.32 Å². The lowest BCUT2D eigenvalue weighted by Crippen LogP contribution is -2.29. The molecule has 1 atom stereocenters. The lowest BCUT2D eigenvalue weighted by Gasteiger charge is -2.13. The van der Waals surface area contributed by atoms with E-state index in [0.29, 0.717) is 6.54 Å². The third-order valence-corrected chi connectivity index (χ3v) is 2.81. The summed E-state index contributed by atoms with van der Waals surface area (Å²) in [6, 6.07) is 10.0. The monoisotopic (exact) mass is 219 g/mol. The highest BCUT2D eigenvalue weighted by Crippen LogP contribution is 2.11. The number of carbonyl (C=O) groups is 1. The van der Waals surface area contributed by atoms with E-state index < -0.39 is 0 Å². The Hall–Kier alpha value is -1.31. The Balaban J connectivity index is 2.40. The average Bonchev–Trinajstić information content (AvgIpc) is 2.34. The molecule has 0 aliphatic carbocycles. The molecule has 2 heteroatoms. The van der Waals surface area contributed by atoms with Crippen LogP contribution < -0.4 is 5.32 Å². The van der Waals surface area contributed by atoms with E-state index in [1.165, 1.54) is 0 Å². The second-order valence-corrected chi connectivity index (χ2v) is 4.10. The molecule has 1 aromatic carbocycles. The Kier molecular flexibility index (Phi) is 5.62. The van der Waals surface area contributed by atoms with Crippen molar-refractivity contribution in [3.63, 3.8) is 0 Å². The van der Waals surface area contributed by atoms with Crippen molar-refractivity contribution in [1.29, 1.82) is 0 Å². The minimum absolute atomic E-state index is 0.175. The Morgan fingerprint density at radius 3 is 2.50 bits per heavy atom. The lowest BCUT2D eigenvalue weighted by molar-refractivity contribution is -0.125. The SMILES string of the molecule is CCCC(CC)C(=O)NCc1ccccc1. The maximum atomic E-state index is 11.8. The summed E-state index contributed by atoms with van der Waals surface area (Å²) < 4.78 is 0. The van der Waals surface area contributed by atoms with Gasteiger partial charge in [0.25, 0.3) is 0 Å². The van der Waals surface area contributed by atoms with Crippen LogP contribution in [0, 0.1) is 5.92 Å². The highest BCUT2D eigenvalue weighted by Gasteiger charge is 2.14. The van der Waals surface area contributed by atoms with Crippen LogP contribution in [0.15, 0.2) is 30.3 Å². The molecule has 88 valence electrons. The largest absolute Gasteiger partial charge is 0.352 e. The molecule has 0 spiro atoms. The first-order valence-electron chi connectivity index (χ1n) is 6.09. The van der Waals surface area contributed by atoms with Gasteiger partial charge in [-0.2, -0.15) is 0 Å². The van der Waals surface area contributed by atoms with Crippen molar-refractivity contribution >= 4 is 5.91 Å². The van der Waals surface area contributed by atoms with Crippen molar-refractivity contribution < 1.29 is 4.79 Å². The van der Waals surface area contributed by atoms with Gasteiger partial charge in [0.1, 0.15) is 0 Å². The molecule has 0 aliphatic heterocycles. The van der Waals surface area contributed by atoms with Gasteiger partial charge in [0.05, 0.1) is 0 Å². The smallest absolute Gasteiger partial charge is 0.223 e. The standard InChI is InChI=1S/C14H21NO/c1-3-8-13(4-2)14(16)15-11-12-9-6-5-7-10-12/h5-7,9-10,13H,3-4,8,11H2,1-2H3,(H,15,16). The number of hydrogen-bond acceptors (Lipinski definition) is 1. The fourth-order valence-electron chi connectivity index (χ4n) is 1.80. The van der Waals surface area contributed by atoms with Gasteiger partial charge in [0.15, 0.2) is 0 Å². The molecule has 16 heavy (non-hydrogen) atoms. The molecule has 1 amide bonds. The molecule has 0 aromatic heterocycles.